The van der Waals surface area contributed by atoms with E-state index in [2.05, 4.69) is 10.5 Å². The molecule has 0 aromatic carbocycles. The molecule has 3 N–H and O–H groups in total. The molecule has 0 aliphatic heterocycles. The zero-order valence-corrected chi connectivity index (χ0v) is 15.0. The van der Waals surface area contributed by atoms with Gasteiger partial charge in [0.1, 0.15) is 0 Å². The molecule has 0 atom stereocenters. The van der Waals surface area contributed by atoms with E-state index >= 15 is 0 Å². The van der Waals surface area contributed by atoms with Gasteiger partial charge in [-0.2, -0.15) is 0 Å². The summed E-state index contributed by atoms with van der Waals surface area (Å²) in [7, 11) is 3.08. The molecule has 0 saturated carbocycles. The summed E-state index contributed by atoms with van der Waals surface area (Å²) in [6.07, 6.45) is 9.22. The molecule has 0 rings (SSSR count). The first kappa shape index (κ1) is 25.9. The molecular weight excluding hydrogens is 298 g/mol. The average Bonchev–Trinajstić information content (AvgIpc) is 2.50. The number of aliphatic hydroxyl groups excluding tert-OH is 1. The topological polar surface area (TPSA) is 98.8 Å². The van der Waals surface area contributed by atoms with Gasteiger partial charge in [0.15, 0.2) is 0 Å². The Hall–Kier alpha value is -2.08. The summed E-state index contributed by atoms with van der Waals surface area (Å²) in [5.41, 5.74) is 5.18. The highest BCUT2D eigenvalue weighted by Crippen LogP contribution is 2.08. The third-order valence-electron chi connectivity index (χ3n) is 2.23. The van der Waals surface area contributed by atoms with E-state index in [1.807, 2.05) is 39.8 Å². The minimum absolute atomic E-state index is 0.0417. The van der Waals surface area contributed by atoms with Crippen LogP contribution >= 0.6 is 0 Å². The quantitative estimate of drug-likeness (QED) is 0.349. The first-order valence-corrected chi connectivity index (χ1v) is 7.12. The Balaban J connectivity index is -0.000000368. The molecule has 6 heteroatoms. The molecule has 0 heterocycles. The molecule has 0 aliphatic carbocycles. The number of hydrogen-bond donors (Lipinski definition) is 2. The van der Waals surface area contributed by atoms with Gasteiger partial charge in [0, 0.05) is 13.5 Å². The summed E-state index contributed by atoms with van der Waals surface area (Å²) in [5, 5.41) is 8.47. The van der Waals surface area contributed by atoms with Gasteiger partial charge in [0.2, 0.25) is 6.41 Å². The smallest absolute Gasteiger partial charge is 0.305 e. The van der Waals surface area contributed by atoms with E-state index in [4.69, 9.17) is 14.6 Å². The monoisotopic (exact) mass is 329 g/mol. The molecule has 1 amide bonds. The number of rotatable bonds is 5. The van der Waals surface area contributed by atoms with E-state index in [0.29, 0.717) is 12.8 Å². The van der Waals surface area contributed by atoms with Crippen molar-refractivity contribution in [3.05, 3.63) is 36.1 Å². The van der Waals surface area contributed by atoms with Crippen LogP contribution in [0.5, 0.6) is 0 Å². The summed E-state index contributed by atoms with van der Waals surface area (Å²) in [4.78, 5) is 19.4. The van der Waals surface area contributed by atoms with Crippen LogP contribution in [0.2, 0.25) is 0 Å². The minimum Gasteiger partial charge on any atom is -0.516 e. The van der Waals surface area contributed by atoms with Gasteiger partial charge in [-0.1, -0.05) is 18.2 Å². The molecule has 0 unspecified atom stereocenters. The van der Waals surface area contributed by atoms with Gasteiger partial charge in [-0.15, -0.1) is 0 Å². The molecular formula is C17H31NO5. The number of primary amides is 1. The van der Waals surface area contributed by atoms with E-state index in [-0.39, 0.29) is 18.0 Å². The molecule has 0 bridgehead atoms. The minimum atomic E-state index is -0.228. The third-order valence-corrected chi connectivity index (χ3v) is 2.23. The first-order chi connectivity index (χ1) is 10.7. The lowest BCUT2D eigenvalue weighted by molar-refractivity contribution is -0.140. The van der Waals surface area contributed by atoms with Gasteiger partial charge < -0.3 is 20.3 Å². The normalized spacial score (nSPS) is 11.3. The van der Waals surface area contributed by atoms with E-state index in [1.165, 1.54) is 13.2 Å². The van der Waals surface area contributed by atoms with Crippen LogP contribution in [0.1, 0.15) is 40.5 Å². The standard InChI is InChI=1S/C11H16O3.C5H12O.CH3NO/c1-3-5-10(6-4-9-12)7-8-11(13)14-2;1-5(2,3)6-4;2-1-3/h3-6,9,12H,7-8H2,1-2H3;1-4H3;1H,(H2,2,3)/b5-3-,9-4+,10-6+;;. The zero-order valence-electron chi connectivity index (χ0n) is 15.0. The number of amides is 1. The van der Waals surface area contributed by atoms with Crippen molar-refractivity contribution in [2.75, 3.05) is 14.2 Å². The van der Waals surface area contributed by atoms with Crippen molar-refractivity contribution in [3.8, 4) is 0 Å². The van der Waals surface area contributed by atoms with Gasteiger partial charge in [0.05, 0.1) is 19.0 Å². The molecule has 6 nitrogen and oxygen atoms in total. The molecule has 0 fully saturated rings. The number of aliphatic hydroxyl groups is 1. The van der Waals surface area contributed by atoms with Gasteiger partial charge >= 0.3 is 5.97 Å². The van der Waals surface area contributed by atoms with Crippen LogP contribution in [0.3, 0.4) is 0 Å². The number of ether oxygens (including phenoxy) is 2. The Morgan fingerprint density at radius 1 is 1.22 bits per heavy atom. The highest BCUT2D eigenvalue weighted by molar-refractivity contribution is 5.69. The van der Waals surface area contributed by atoms with E-state index in [1.54, 1.807) is 13.2 Å². The lowest BCUT2D eigenvalue weighted by Crippen LogP contribution is -2.15. The van der Waals surface area contributed by atoms with Crippen molar-refractivity contribution in [1.82, 2.24) is 0 Å². The van der Waals surface area contributed by atoms with Gasteiger partial charge in [-0.25, -0.2) is 0 Å². The molecule has 0 aromatic heterocycles. The SMILES string of the molecule is COC(C)(C)C.C\C=C/C(=C\C=C\O)CCC(=O)OC.NC=O. The van der Waals surface area contributed by atoms with Crippen LogP contribution in [-0.4, -0.2) is 37.3 Å². The fourth-order valence-electron chi connectivity index (χ4n) is 0.951. The number of hydrogen-bond acceptors (Lipinski definition) is 5. The second-order valence-corrected chi connectivity index (χ2v) is 5.11. The number of esters is 1. The maximum Gasteiger partial charge on any atom is 0.305 e. The summed E-state index contributed by atoms with van der Waals surface area (Å²) < 4.78 is 9.46. The average molecular weight is 329 g/mol. The predicted molar refractivity (Wildman–Crippen MR) is 92.9 cm³/mol. The fourth-order valence-corrected chi connectivity index (χ4v) is 0.951. The van der Waals surface area contributed by atoms with Crippen LogP contribution < -0.4 is 5.73 Å². The molecule has 0 aromatic rings. The van der Waals surface area contributed by atoms with Gasteiger partial charge in [-0.3, -0.25) is 9.59 Å². The maximum atomic E-state index is 10.9. The lowest BCUT2D eigenvalue weighted by atomic mass is 10.1. The van der Waals surface area contributed by atoms with Crippen LogP contribution in [-0.2, 0) is 19.1 Å². The third kappa shape index (κ3) is 28.7. The number of carbonyl (C=O) groups excluding carboxylic acids is 2. The van der Waals surface area contributed by atoms with Crippen molar-refractivity contribution in [2.45, 2.75) is 46.1 Å². The zero-order chi connectivity index (χ0) is 18.7. The van der Waals surface area contributed by atoms with Crippen molar-refractivity contribution in [2.24, 2.45) is 5.73 Å². The largest absolute Gasteiger partial charge is 0.516 e. The lowest BCUT2D eigenvalue weighted by Gasteiger charge is -2.14. The van der Waals surface area contributed by atoms with Crippen LogP contribution in [0.4, 0.5) is 0 Å². The number of allylic oxidation sites excluding steroid dienone is 5. The predicted octanol–water partition coefficient (Wildman–Crippen LogP) is 3.05. The number of methoxy groups -OCH3 is 2. The fraction of sp³-hybridized carbons (Fsp3) is 0.529. The van der Waals surface area contributed by atoms with Crippen molar-refractivity contribution >= 4 is 12.4 Å². The van der Waals surface area contributed by atoms with Crippen molar-refractivity contribution < 1.29 is 24.2 Å². The summed E-state index contributed by atoms with van der Waals surface area (Å²) in [6, 6.07) is 0. The number of carbonyl (C=O) groups is 2. The molecule has 0 aliphatic rings. The number of nitrogens with two attached hydrogens (primary N) is 1. The molecule has 134 valence electrons. The van der Waals surface area contributed by atoms with Crippen molar-refractivity contribution in [1.29, 1.82) is 0 Å². The Kier molecular flexibility index (Phi) is 20.2. The highest BCUT2D eigenvalue weighted by Gasteiger charge is 2.04. The van der Waals surface area contributed by atoms with E-state index in [9.17, 15) is 4.79 Å². The van der Waals surface area contributed by atoms with E-state index in [0.717, 1.165) is 11.8 Å². The second-order valence-electron chi connectivity index (χ2n) is 5.11. The van der Waals surface area contributed by atoms with Crippen LogP contribution in [0, 0.1) is 0 Å². The van der Waals surface area contributed by atoms with Crippen LogP contribution in [0.15, 0.2) is 36.1 Å². The summed E-state index contributed by atoms with van der Waals surface area (Å²) in [5.74, 6) is -0.228. The Bertz CT molecular complexity index is 379. The Labute approximate surface area is 139 Å². The summed E-state index contributed by atoms with van der Waals surface area (Å²) in [6.45, 7) is 7.96. The Morgan fingerprint density at radius 2 is 1.70 bits per heavy atom. The van der Waals surface area contributed by atoms with E-state index < -0.39 is 0 Å². The molecule has 0 saturated heterocycles. The van der Waals surface area contributed by atoms with Gasteiger partial charge in [-0.05, 0) is 45.8 Å². The maximum absolute atomic E-state index is 10.9. The van der Waals surface area contributed by atoms with Gasteiger partial charge in [0.25, 0.3) is 0 Å². The molecule has 0 spiro atoms. The molecule has 0 radical (unpaired) electrons. The Morgan fingerprint density at radius 3 is 2.00 bits per heavy atom. The summed E-state index contributed by atoms with van der Waals surface area (Å²) >= 11 is 0. The highest BCUT2D eigenvalue weighted by atomic mass is 16.5. The van der Waals surface area contributed by atoms with Crippen molar-refractivity contribution in [3.63, 3.8) is 0 Å². The first-order valence-electron chi connectivity index (χ1n) is 7.12. The molecule has 23 heavy (non-hydrogen) atoms. The second kappa shape index (κ2) is 18.0. The van der Waals surface area contributed by atoms with Crippen LogP contribution in [0.25, 0.3) is 0 Å².